The predicted molar refractivity (Wildman–Crippen MR) is 79.8 cm³/mol. The molecule has 1 aromatic heterocycles. The van der Waals surface area contributed by atoms with Gasteiger partial charge in [-0.15, -0.1) is 5.10 Å². The Morgan fingerprint density at radius 1 is 1.30 bits per heavy atom. The van der Waals surface area contributed by atoms with Crippen molar-refractivity contribution in [3.05, 3.63) is 5.89 Å². The molecule has 6 nitrogen and oxygen atoms in total. The van der Waals surface area contributed by atoms with E-state index < -0.39 is 0 Å². The van der Waals surface area contributed by atoms with Crippen LogP contribution in [0.1, 0.15) is 40.5 Å². The number of nitrogens with one attached hydrogen (secondary N) is 1. The average Bonchev–Trinajstić information content (AvgIpc) is 2.79. The van der Waals surface area contributed by atoms with Crippen molar-refractivity contribution in [2.75, 3.05) is 31.7 Å². The van der Waals surface area contributed by atoms with Crippen molar-refractivity contribution in [1.29, 1.82) is 0 Å². The minimum absolute atomic E-state index is 0.0301. The van der Waals surface area contributed by atoms with Gasteiger partial charge < -0.3 is 19.4 Å². The zero-order valence-electron chi connectivity index (χ0n) is 13.6. The van der Waals surface area contributed by atoms with Gasteiger partial charge in [-0.05, 0) is 26.7 Å². The van der Waals surface area contributed by atoms with Gasteiger partial charge >= 0.3 is 6.01 Å². The molecule has 20 heavy (non-hydrogen) atoms. The number of hydrogen-bond acceptors (Lipinski definition) is 6. The van der Waals surface area contributed by atoms with E-state index in [1.807, 2.05) is 0 Å². The van der Waals surface area contributed by atoms with E-state index in [9.17, 15) is 0 Å². The molecule has 0 amide bonds. The summed E-state index contributed by atoms with van der Waals surface area (Å²) in [5, 5.41) is 11.6. The zero-order valence-corrected chi connectivity index (χ0v) is 13.6. The summed E-state index contributed by atoms with van der Waals surface area (Å²) in [6, 6.07) is 0.571. The molecule has 0 unspecified atom stereocenters. The molecule has 0 saturated heterocycles. The smallest absolute Gasteiger partial charge is 0.318 e. The molecule has 0 radical (unpaired) electrons. The summed E-state index contributed by atoms with van der Waals surface area (Å²) < 4.78 is 10.9. The number of rotatable bonds is 8. The Kier molecular flexibility index (Phi) is 6.42. The molecule has 116 valence electrons. The van der Waals surface area contributed by atoms with Crippen LogP contribution >= 0.6 is 0 Å². The standard InChI is InChI=1S/C14H28N4O2/c1-11(2)10-18(7-8-19-6)13-17-16-12(20-13)9-15-14(3,4)5/h11,15H,7-10H2,1-6H3. The highest BCUT2D eigenvalue weighted by Gasteiger charge is 2.17. The lowest BCUT2D eigenvalue weighted by atomic mass is 10.1. The van der Waals surface area contributed by atoms with E-state index in [2.05, 4.69) is 55.0 Å². The monoisotopic (exact) mass is 284 g/mol. The number of nitrogens with zero attached hydrogens (tertiary/aromatic N) is 3. The second kappa shape index (κ2) is 7.59. The minimum atomic E-state index is 0.0301. The first-order valence-corrected chi connectivity index (χ1v) is 7.13. The number of anilines is 1. The second-order valence-corrected chi connectivity index (χ2v) is 6.41. The summed E-state index contributed by atoms with van der Waals surface area (Å²) in [6.07, 6.45) is 0. The van der Waals surface area contributed by atoms with Gasteiger partial charge in [0.25, 0.3) is 0 Å². The molecule has 6 heteroatoms. The van der Waals surface area contributed by atoms with E-state index in [-0.39, 0.29) is 5.54 Å². The minimum Gasteiger partial charge on any atom is -0.407 e. The quantitative estimate of drug-likeness (QED) is 0.788. The normalized spacial score (nSPS) is 12.2. The third-order valence-corrected chi connectivity index (χ3v) is 2.65. The van der Waals surface area contributed by atoms with Crippen molar-refractivity contribution in [2.45, 2.75) is 46.7 Å². The maximum Gasteiger partial charge on any atom is 0.318 e. The van der Waals surface area contributed by atoms with Crippen LogP contribution in [0.15, 0.2) is 4.42 Å². The molecule has 0 spiro atoms. The first-order valence-electron chi connectivity index (χ1n) is 7.13. The van der Waals surface area contributed by atoms with Crippen LogP contribution < -0.4 is 10.2 Å². The number of hydrogen-bond donors (Lipinski definition) is 1. The summed E-state index contributed by atoms with van der Waals surface area (Å²) >= 11 is 0. The van der Waals surface area contributed by atoms with Crippen molar-refractivity contribution in [1.82, 2.24) is 15.5 Å². The number of ether oxygens (including phenoxy) is 1. The van der Waals surface area contributed by atoms with Gasteiger partial charge in [-0.1, -0.05) is 18.9 Å². The maximum atomic E-state index is 5.72. The molecule has 1 aromatic rings. The Balaban J connectivity index is 2.64. The first kappa shape index (κ1) is 16.9. The predicted octanol–water partition coefficient (Wildman–Crippen LogP) is 2.07. The Morgan fingerprint density at radius 3 is 2.55 bits per heavy atom. The molecule has 0 aliphatic heterocycles. The third-order valence-electron chi connectivity index (χ3n) is 2.65. The Hall–Kier alpha value is -1.14. The summed E-state index contributed by atoms with van der Waals surface area (Å²) in [5.41, 5.74) is 0.0301. The molecule has 1 N–H and O–H groups in total. The lowest BCUT2D eigenvalue weighted by Crippen LogP contribution is -2.35. The second-order valence-electron chi connectivity index (χ2n) is 6.41. The third kappa shape index (κ3) is 6.34. The van der Waals surface area contributed by atoms with Crippen LogP contribution in [-0.4, -0.2) is 42.5 Å². The van der Waals surface area contributed by atoms with E-state index in [1.54, 1.807) is 7.11 Å². The number of aromatic nitrogens is 2. The van der Waals surface area contributed by atoms with Gasteiger partial charge in [0.15, 0.2) is 0 Å². The summed E-state index contributed by atoms with van der Waals surface area (Å²) in [7, 11) is 1.69. The summed E-state index contributed by atoms with van der Waals surface area (Å²) in [5.74, 6) is 1.14. The Bertz CT molecular complexity index is 385. The van der Waals surface area contributed by atoms with E-state index in [1.165, 1.54) is 0 Å². The molecule has 0 atom stereocenters. The molecule has 1 rings (SSSR count). The van der Waals surface area contributed by atoms with Gasteiger partial charge in [0.05, 0.1) is 13.2 Å². The first-order chi connectivity index (χ1) is 9.31. The van der Waals surface area contributed by atoms with Crippen LogP contribution in [0.4, 0.5) is 6.01 Å². The van der Waals surface area contributed by atoms with Gasteiger partial charge in [0.1, 0.15) is 0 Å². The van der Waals surface area contributed by atoms with Gasteiger partial charge in [-0.3, -0.25) is 0 Å². The van der Waals surface area contributed by atoms with E-state index in [4.69, 9.17) is 9.15 Å². The summed E-state index contributed by atoms with van der Waals surface area (Å²) in [4.78, 5) is 2.07. The average molecular weight is 284 g/mol. The topological polar surface area (TPSA) is 63.4 Å². The fraction of sp³-hybridized carbons (Fsp3) is 0.857. The van der Waals surface area contributed by atoms with Crippen molar-refractivity contribution in [3.63, 3.8) is 0 Å². The van der Waals surface area contributed by atoms with Crippen LogP contribution in [-0.2, 0) is 11.3 Å². The highest BCUT2D eigenvalue weighted by molar-refractivity contribution is 5.23. The molecule has 1 heterocycles. The zero-order chi connectivity index (χ0) is 15.2. The maximum absolute atomic E-state index is 5.72. The Morgan fingerprint density at radius 2 is 2.00 bits per heavy atom. The van der Waals surface area contributed by atoms with Crippen molar-refractivity contribution >= 4 is 6.01 Å². The van der Waals surface area contributed by atoms with Crippen LogP contribution in [0, 0.1) is 5.92 Å². The van der Waals surface area contributed by atoms with Crippen molar-refractivity contribution < 1.29 is 9.15 Å². The van der Waals surface area contributed by atoms with E-state index in [0.29, 0.717) is 31.0 Å². The fourth-order valence-corrected chi connectivity index (χ4v) is 1.69. The molecule has 0 bridgehead atoms. The van der Waals surface area contributed by atoms with Crippen LogP contribution in [0.2, 0.25) is 0 Å². The van der Waals surface area contributed by atoms with Gasteiger partial charge in [0, 0.05) is 25.7 Å². The van der Waals surface area contributed by atoms with Crippen LogP contribution in [0.3, 0.4) is 0 Å². The molecule has 0 saturated carbocycles. The lowest BCUT2D eigenvalue weighted by Gasteiger charge is -2.21. The lowest BCUT2D eigenvalue weighted by molar-refractivity contribution is 0.203. The van der Waals surface area contributed by atoms with Crippen molar-refractivity contribution in [2.24, 2.45) is 5.92 Å². The molecule has 0 aliphatic carbocycles. The van der Waals surface area contributed by atoms with Crippen LogP contribution in [0.5, 0.6) is 0 Å². The SMILES string of the molecule is COCCN(CC(C)C)c1nnc(CNC(C)(C)C)o1. The highest BCUT2D eigenvalue weighted by Crippen LogP contribution is 2.14. The molecule has 0 fully saturated rings. The largest absolute Gasteiger partial charge is 0.407 e. The molecular formula is C14H28N4O2. The van der Waals surface area contributed by atoms with Gasteiger partial charge in [0.2, 0.25) is 5.89 Å². The van der Waals surface area contributed by atoms with E-state index in [0.717, 1.165) is 13.1 Å². The Labute approximate surface area is 121 Å². The number of methoxy groups -OCH3 is 1. The van der Waals surface area contributed by atoms with Gasteiger partial charge in [-0.2, -0.15) is 0 Å². The molecular weight excluding hydrogens is 256 g/mol. The van der Waals surface area contributed by atoms with Crippen molar-refractivity contribution in [3.8, 4) is 0 Å². The summed E-state index contributed by atoms with van der Waals surface area (Å²) in [6.45, 7) is 13.5. The van der Waals surface area contributed by atoms with E-state index >= 15 is 0 Å². The van der Waals surface area contributed by atoms with Gasteiger partial charge in [-0.25, -0.2) is 0 Å². The fourth-order valence-electron chi connectivity index (χ4n) is 1.69. The molecule has 0 aliphatic rings. The highest BCUT2D eigenvalue weighted by atomic mass is 16.5. The molecule has 0 aromatic carbocycles. The van der Waals surface area contributed by atoms with Crippen LogP contribution in [0.25, 0.3) is 0 Å².